The van der Waals surface area contributed by atoms with Crippen LogP contribution < -0.4 is 4.74 Å². The standard InChI is InChI=1S/C27H19NO4/c1-30-27(29)23-10-6-5-9-22(23)26-28-24-16-15-21(17-25(24)32-26)31-20-13-11-19(12-14-20)18-7-3-2-4-8-18/h2-17H,1H3. The van der Waals surface area contributed by atoms with Gasteiger partial charge in [-0.2, -0.15) is 0 Å². The predicted octanol–water partition coefficient (Wildman–Crippen LogP) is 6.74. The van der Waals surface area contributed by atoms with Crippen LogP contribution in [0.15, 0.2) is 101 Å². The lowest BCUT2D eigenvalue weighted by Gasteiger charge is -2.07. The second-order valence-electron chi connectivity index (χ2n) is 7.18. The Hall–Kier alpha value is -4.38. The number of ether oxygens (including phenoxy) is 2. The molecule has 5 rings (SSSR count). The van der Waals surface area contributed by atoms with E-state index in [9.17, 15) is 4.79 Å². The summed E-state index contributed by atoms with van der Waals surface area (Å²) < 4.78 is 16.8. The molecule has 0 atom stereocenters. The molecule has 0 saturated carbocycles. The SMILES string of the molecule is COC(=O)c1ccccc1-c1nc2ccc(Oc3ccc(-c4ccccc4)cc3)cc2o1. The van der Waals surface area contributed by atoms with Crippen LogP contribution in [-0.4, -0.2) is 18.1 Å². The lowest BCUT2D eigenvalue weighted by molar-refractivity contribution is 0.0601. The van der Waals surface area contributed by atoms with Crippen LogP contribution in [0.2, 0.25) is 0 Å². The van der Waals surface area contributed by atoms with Crippen LogP contribution in [0.25, 0.3) is 33.7 Å². The third-order valence-corrected chi connectivity index (χ3v) is 5.12. The highest BCUT2D eigenvalue weighted by atomic mass is 16.5. The van der Waals surface area contributed by atoms with E-state index >= 15 is 0 Å². The van der Waals surface area contributed by atoms with Crippen molar-refractivity contribution in [2.75, 3.05) is 7.11 Å². The molecule has 156 valence electrons. The van der Waals surface area contributed by atoms with Gasteiger partial charge in [-0.05, 0) is 47.5 Å². The molecule has 0 aliphatic rings. The topological polar surface area (TPSA) is 61.6 Å². The number of oxazole rings is 1. The van der Waals surface area contributed by atoms with E-state index in [1.807, 2.05) is 60.7 Å². The van der Waals surface area contributed by atoms with Gasteiger partial charge in [-0.25, -0.2) is 9.78 Å². The van der Waals surface area contributed by atoms with Crippen molar-refractivity contribution in [3.05, 3.63) is 103 Å². The molecule has 1 heterocycles. The van der Waals surface area contributed by atoms with Gasteiger partial charge in [0.05, 0.1) is 18.2 Å². The fraction of sp³-hybridized carbons (Fsp3) is 0.0370. The summed E-state index contributed by atoms with van der Waals surface area (Å²) in [5, 5.41) is 0. The van der Waals surface area contributed by atoms with E-state index < -0.39 is 5.97 Å². The first-order valence-corrected chi connectivity index (χ1v) is 10.1. The van der Waals surface area contributed by atoms with Crippen LogP contribution in [0, 0.1) is 0 Å². The Kier molecular flexibility index (Phi) is 5.14. The number of carbonyl (C=O) groups excluding carboxylic acids is 1. The summed E-state index contributed by atoms with van der Waals surface area (Å²) in [6.45, 7) is 0. The van der Waals surface area contributed by atoms with Crippen LogP contribution in [-0.2, 0) is 4.74 Å². The van der Waals surface area contributed by atoms with Crippen LogP contribution in [0.4, 0.5) is 0 Å². The third-order valence-electron chi connectivity index (χ3n) is 5.12. The van der Waals surface area contributed by atoms with Crippen molar-refractivity contribution in [2.24, 2.45) is 0 Å². The molecule has 0 fully saturated rings. The van der Waals surface area contributed by atoms with Gasteiger partial charge in [0.2, 0.25) is 5.89 Å². The van der Waals surface area contributed by atoms with E-state index in [2.05, 4.69) is 17.1 Å². The summed E-state index contributed by atoms with van der Waals surface area (Å²) in [5.74, 6) is 1.27. The van der Waals surface area contributed by atoms with Crippen LogP contribution >= 0.6 is 0 Å². The average molecular weight is 421 g/mol. The molecule has 4 aromatic carbocycles. The minimum absolute atomic E-state index is 0.352. The highest BCUT2D eigenvalue weighted by Gasteiger charge is 2.17. The maximum atomic E-state index is 12.1. The molecule has 0 aliphatic heterocycles. The molecule has 0 spiro atoms. The zero-order valence-electron chi connectivity index (χ0n) is 17.3. The number of nitrogens with zero attached hydrogens (tertiary/aromatic N) is 1. The molecular formula is C27H19NO4. The Morgan fingerprint density at radius 1 is 0.781 bits per heavy atom. The molecule has 0 unspecified atom stereocenters. The first-order chi connectivity index (χ1) is 15.7. The minimum Gasteiger partial charge on any atom is -0.465 e. The Balaban J connectivity index is 1.41. The van der Waals surface area contributed by atoms with Gasteiger partial charge in [0.1, 0.15) is 17.0 Å². The summed E-state index contributed by atoms with van der Waals surface area (Å²) in [5.41, 5.74) is 4.50. The van der Waals surface area contributed by atoms with Crippen LogP contribution in [0.5, 0.6) is 11.5 Å². The summed E-state index contributed by atoms with van der Waals surface area (Å²) in [4.78, 5) is 16.6. The van der Waals surface area contributed by atoms with Crippen LogP contribution in [0.3, 0.4) is 0 Å². The molecule has 0 aliphatic carbocycles. The quantitative estimate of drug-likeness (QED) is 0.294. The van der Waals surface area contributed by atoms with Gasteiger partial charge in [-0.15, -0.1) is 0 Å². The van der Waals surface area contributed by atoms with Gasteiger partial charge in [0.15, 0.2) is 5.58 Å². The number of hydrogen-bond donors (Lipinski definition) is 0. The number of methoxy groups -OCH3 is 1. The van der Waals surface area contributed by atoms with Crippen molar-refractivity contribution in [3.8, 4) is 34.1 Å². The normalized spacial score (nSPS) is 10.8. The molecule has 0 amide bonds. The number of aromatic nitrogens is 1. The number of benzene rings is 4. The first kappa shape index (κ1) is 19.6. The molecule has 5 nitrogen and oxygen atoms in total. The fourth-order valence-corrected chi connectivity index (χ4v) is 3.52. The monoisotopic (exact) mass is 421 g/mol. The Morgan fingerprint density at radius 3 is 2.25 bits per heavy atom. The van der Waals surface area contributed by atoms with E-state index in [0.717, 1.165) is 16.9 Å². The highest BCUT2D eigenvalue weighted by molar-refractivity contribution is 5.96. The van der Waals surface area contributed by atoms with E-state index in [1.54, 1.807) is 24.3 Å². The predicted molar refractivity (Wildman–Crippen MR) is 123 cm³/mol. The first-order valence-electron chi connectivity index (χ1n) is 10.1. The number of carbonyl (C=O) groups is 1. The molecule has 0 bridgehead atoms. The number of esters is 1. The molecule has 0 N–H and O–H groups in total. The molecule has 0 saturated heterocycles. The maximum absolute atomic E-state index is 12.1. The summed E-state index contributed by atoms with van der Waals surface area (Å²) in [6, 6.07) is 30.6. The molecule has 32 heavy (non-hydrogen) atoms. The summed E-state index contributed by atoms with van der Waals surface area (Å²) in [6.07, 6.45) is 0. The van der Waals surface area contributed by atoms with Gasteiger partial charge in [0, 0.05) is 6.07 Å². The lowest BCUT2D eigenvalue weighted by atomic mass is 10.1. The van der Waals surface area contributed by atoms with Crippen molar-refractivity contribution in [3.63, 3.8) is 0 Å². The van der Waals surface area contributed by atoms with Crippen molar-refractivity contribution >= 4 is 17.1 Å². The lowest BCUT2D eigenvalue weighted by Crippen LogP contribution is -2.03. The number of fused-ring (bicyclic) bond motifs is 1. The smallest absolute Gasteiger partial charge is 0.338 e. The average Bonchev–Trinajstić information content (AvgIpc) is 3.28. The third kappa shape index (κ3) is 3.84. The van der Waals surface area contributed by atoms with Crippen molar-refractivity contribution in [1.82, 2.24) is 4.98 Å². The molecular weight excluding hydrogens is 402 g/mol. The Labute approximate surface area is 184 Å². The van der Waals surface area contributed by atoms with Gasteiger partial charge in [-0.3, -0.25) is 0 Å². The summed E-state index contributed by atoms with van der Waals surface area (Å²) >= 11 is 0. The zero-order valence-corrected chi connectivity index (χ0v) is 17.3. The molecule has 0 radical (unpaired) electrons. The van der Waals surface area contributed by atoms with E-state index in [-0.39, 0.29) is 0 Å². The van der Waals surface area contributed by atoms with E-state index in [0.29, 0.717) is 33.9 Å². The van der Waals surface area contributed by atoms with Crippen molar-refractivity contribution in [1.29, 1.82) is 0 Å². The zero-order chi connectivity index (χ0) is 21.9. The van der Waals surface area contributed by atoms with Gasteiger partial charge in [0.25, 0.3) is 0 Å². The van der Waals surface area contributed by atoms with Gasteiger partial charge in [-0.1, -0.05) is 54.6 Å². The van der Waals surface area contributed by atoms with Crippen LogP contribution in [0.1, 0.15) is 10.4 Å². The van der Waals surface area contributed by atoms with Crippen molar-refractivity contribution < 1.29 is 18.7 Å². The largest absolute Gasteiger partial charge is 0.465 e. The minimum atomic E-state index is -0.439. The number of rotatable bonds is 5. The molecule has 5 heteroatoms. The second-order valence-corrected chi connectivity index (χ2v) is 7.18. The highest BCUT2D eigenvalue weighted by Crippen LogP contribution is 2.31. The maximum Gasteiger partial charge on any atom is 0.338 e. The molecule has 5 aromatic rings. The fourth-order valence-electron chi connectivity index (χ4n) is 3.52. The van der Waals surface area contributed by atoms with E-state index in [4.69, 9.17) is 13.9 Å². The second kappa shape index (κ2) is 8.40. The van der Waals surface area contributed by atoms with E-state index in [1.165, 1.54) is 7.11 Å². The Bertz CT molecular complexity index is 1390. The number of hydrogen-bond acceptors (Lipinski definition) is 5. The summed E-state index contributed by atoms with van der Waals surface area (Å²) in [7, 11) is 1.35. The van der Waals surface area contributed by atoms with Crippen molar-refractivity contribution in [2.45, 2.75) is 0 Å². The van der Waals surface area contributed by atoms with Gasteiger partial charge >= 0.3 is 5.97 Å². The Morgan fingerprint density at radius 2 is 1.47 bits per heavy atom. The van der Waals surface area contributed by atoms with Gasteiger partial charge < -0.3 is 13.9 Å². The molecule has 1 aromatic heterocycles.